The minimum Gasteiger partial charge on any atom is -0.337 e. The molecule has 0 radical (unpaired) electrons. The Bertz CT molecular complexity index is 808. The van der Waals surface area contributed by atoms with Crippen LogP contribution in [0.25, 0.3) is 0 Å². The molecule has 7 heteroatoms. The van der Waals surface area contributed by atoms with Crippen LogP contribution in [0.4, 0.5) is 4.39 Å². The summed E-state index contributed by atoms with van der Waals surface area (Å²) in [4.78, 5) is 4.32. The average molecular weight is 337 g/mol. The van der Waals surface area contributed by atoms with E-state index in [4.69, 9.17) is 0 Å². The number of piperidine rings is 1. The van der Waals surface area contributed by atoms with Gasteiger partial charge in [-0.25, -0.2) is 17.8 Å². The van der Waals surface area contributed by atoms with Gasteiger partial charge < -0.3 is 4.57 Å². The molecule has 3 rings (SSSR count). The molecule has 0 amide bonds. The van der Waals surface area contributed by atoms with Gasteiger partial charge in [0.2, 0.25) is 10.0 Å². The summed E-state index contributed by atoms with van der Waals surface area (Å²) in [5, 5.41) is 0. The number of aromatic nitrogens is 2. The number of aryl methyl sites for hydroxylation is 2. The van der Waals surface area contributed by atoms with Gasteiger partial charge in [0.05, 0.1) is 11.2 Å². The molecule has 2 aromatic rings. The first-order valence-electron chi connectivity index (χ1n) is 7.62. The second-order valence-electron chi connectivity index (χ2n) is 6.02. The molecule has 1 saturated heterocycles. The van der Waals surface area contributed by atoms with Crippen LogP contribution in [0.1, 0.15) is 30.0 Å². The SMILES string of the molecule is Cc1cc(F)ccc1S(=O)(=O)N1CCC(c2cncn2C)CC1. The van der Waals surface area contributed by atoms with Gasteiger partial charge >= 0.3 is 0 Å². The van der Waals surface area contributed by atoms with Crippen LogP contribution in [-0.4, -0.2) is 35.4 Å². The van der Waals surface area contributed by atoms with Gasteiger partial charge in [0.1, 0.15) is 5.82 Å². The Balaban J connectivity index is 1.77. The summed E-state index contributed by atoms with van der Waals surface area (Å²) in [6.45, 7) is 2.56. The standard InChI is InChI=1S/C16H20FN3O2S/c1-12-9-14(17)3-4-16(12)23(21,22)20-7-5-13(6-8-20)15-10-18-11-19(15)2/h3-4,9-11,13H,5-8H2,1-2H3. The van der Waals surface area contributed by atoms with Crippen molar-refractivity contribution < 1.29 is 12.8 Å². The number of imidazole rings is 1. The van der Waals surface area contributed by atoms with Gasteiger partial charge in [-0.3, -0.25) is 0 Å². The Morgan fingerprint density at radius 1 is 1.26 bits per heavy atom. The Morgan fingerprint density at radius 2 is 1.96 bits per heavy atom. The third-order valence-corrected chi connectivity index (χ3v) is 6.54. The molecule has 1 aromatic carbocycles. The van der Waals surface area contributed by atoms with Crippen molar-refractivity contribution >= 4 is 10.0 Å². The summed E-state index contributed by atoms with van der Waals surface area (Å²) < 4.78 is 42.2. The Kier molecular flexibility index (Phi) is 4.25. The molecule has 1 fully saturated rings. The van der Waals surface area contributed by atoms with E-state index in [-0.39, 0.29) is 4.90 Å². The number of halogens is 1. The van der Waals surface area contributed by atoms with Crippen LogP contribution in [0.15, 0.2) is 35.6 Å². The lowest BCUT2D eigenvalue weighted by Gasteiger charge is -2.31. The van der Waals surface area contributed by atoms with E-state index in [0.717, 1.165) is 18.5 Å². The van der Waals surface area contributed by atoms with Gasteiger partial charge in [0, 0.05) is 37.9 Å². The molecule has 1 aliphatic rings. The predicted molar refractivity (Wildman–Crippen MR) is 85.1 cm³/mol. The largest absolute Gasteiger partial charge is 0.337 e. The molecule has 0 spiro atoms. The molecular weight excluding hydrogens is 317 g/mol. The number of nitrogens with zero attached hydrogens (tertiary/aromatic N) is 3. The lowest BCUT2D eigenvalue weighted by molar-refractivity contribution is 0.314. The summed E-state index contributed by atoms with van der Waals surface area (Å²) in [7, 11) is -1.62. The number of hydrogen-bond donors (Lipinski definition) is 0. The molecule has 0 aliphatic carbocycles. The molecule has 0 bridgehead atoms. The first kappa shape index (κ1) is 16.1. The fourth-order valence-electron chi connectivity index (χ4n) is 3.19. The number of hydrogen-bond acceptors (Lipinski definition) is 3. The normalized spacial score (nSPS) is 17.5. The Morgan fingerprint density at radius 3 is 2.52 bits per heavy atom. The number of benzene rings is 1. The maximum Gasteiger partial charge on any atom is 0.243 e. The summed E-state index contributed by atoms with van der Waals surface area (Å²) >= 11 is 0. The van der Waals surface area contributed by atoms with E-state index >= 15 is 0 Å². The first-order chi connectivity index (χ1) is 10.9. The molecular formula is C16H20FN3O2S. The quantitative estimate of drug-likeness (QED) is 0.864. The van der Waals surface area contributed by atoms with Gasteiger partial charge in [0.15, 0.2) is 0 Å². The van der Waals surface area contributed by atoms with Gasteiger partial charge in [-0.2, -0.15) is 4.31 Å². The van der Waals surface area contributed by atoms with E-state index in [9.17, 15) is 12.8 Å². The van der Waals surface area contributed by atoms with Crippen molar-refractivity contribution in [2.45, 2.75) is 30.6 Å². The minimum absolute atomic E-state index is 0.192. The Hall–Kier alpha value is -1.73. The molecule has 0 N–H and O–H groups in total. The van der Waals surface area contributed by atoms with Crippen LogP contribution < -0.4 is 0 Å². The maximum absolute atomic E-state index is 13.2. The van der Waals surface area contributed by atoms with Gasteiger partial charge in [-0.1, -0.05) is 0 Å². The summed E-state index contributed by atoms with van der Waals surface area (Å²) in [6, 6.07) is 3.81. The highest BCUT2D eigenvalue weighted by molar-refractivity contribution is 7.89. The summed E-state index contributed by atoms with van der Waals surface area (Å²) in [6.07, 6.45) is 5.14. The smallest absolute Gasteiger partial charge is 0.243 e. The molecule has 2 heterocycles. The molecule has 23 heavy (non-hydrogen) atoms. The molecule has 1 aliphatic heterocycles. The van der Waals surface area contributed by atoms with Gasteiger partial charge in [-0.05, 0) is 43.5 Å². The maximum atomic E-state index is 13.2. The molecule has 124 valence electrons. The van der Waals surface area contributed by atoms with Crippen LogP contribution in [-0.2, 0) is 17.1 Å². The second kappa shape index (κ2) is 6.05. The van der Waals surface area contributed by atoms with Crippen molar-refractivity contribution in [2.75, 3.05) is 13.1 Å². The van der Waals surface area contributed by atoms with E-state index in [0.29, 0.717) is 24.6 Å². The van der Waals surface area contributed by atoms with Crippen LogP contribution in [0.3, 0.4) is 0 Å². The topological polar surface area (TPSA) is 55.2 Å². The highest BCUT2D eigenvalue weighted by Crippen LogP contribution is 2.31. The fourth-order valence-corrected chi connectivity index (χ4v) is 4.87. The molecule has 1 aromatic heterocycles. The average Bonchev–Trinajstić information content (AvgIpc) is 2.93. The van der Waals surface area contributed by atoms with Crippen molar-refractivity contribution in [1.29, 1.82) is 0 Å². The molecule has 0 saturated carbocycles. The van der Waals surface area contributed by atoms with Gasteiger partial charge in [0.25, 0.3) is 0 Å². The van der Waals surface area contributed by atoms with Crippen molar-refractivity contribution in [1.82, 2.24) is 13.9 Å². The van der Waals surface area contributed by atoms with Crippen molar-refractivity contribution in [3.63, 3.8) is 0 Å². The fraction of sp³-hybridized carbons (Fsp3) is 0.438. The van der Waals surface area contributed by atoms with Crippen molar-refractivity contribution in [3.8, 4) is 0 Å². The van der Waals surface area contributed by atoms with Crippen LogP contribution in [0, 0.1) is 12.7 Å². The summed E-state index contributed by atoms with van der Waals surface area (Å²) in [5.74, 6) is -0.0976. The highest BCUT2D eigenvalue weighted by atomic mass is 32.2. The van der Waals surface area contributed by atoms with E-state index in [1.165, 1.54) is 22.5 Å². The third-order valence-electron chi connectivity index (χ3n) is 4.48. The van der Waals surface area contributed by atoms with E-state index in [2.05, 4.69) is 4.98 Å². The van der Waals surface area contributed by atoms with Crippen molar-refractivity contribution in [2.24, 2.45) is 7.05 Å². The number of sulfonamides is 1. The van der Waals surface area contributed by atoms with Crippen LogP contribution in [0.2, 0.25) is 0 Å². The Labute approximate surface area is 135 Å². The lowest BCUT2D eigenvalue weighted by atomic mass is 9.95. The highest BCUT2D eigenvalue weighted by Gasteiger charge is 2.31. The van der Waals surface area contributed by atoms with Gasteiger partial charge in [-0.15, -0.1) is 0 Å². The monoisotopic (exact) mass is 337 g/mol. The van der Waals surface area contributed by atoms with Crippen molar-refractivity contribution in [3.05, 3.63) is 47.8 Å². The van der Waals surface area contributed by atoms with Crippen LogP contribution in [0.5, 0.6) is 0 Å². The minimum atomic E-state index is -3.57. The first-order valence-corrected chi connectivity index (χ1v) is 9.06. The second-order valence-corrected chi connectivity index (χ2v) is 7.92. The molecule has 0 atom stereocenters. The molecule has 5 nitrogen and oxygen atoms in total. The van der Waals surface area contributed by atoms with E-state index < -0.39 is 15.8 Å². The summed E-state index contributed by atoms with van der Waals surface area (Å²) in [5.41, 5.74) is 1.58. The lowest BCUT2D eigenvalue weighted by Crippen LogP contribution is -2.38. The van der Waals surface area contributed by atoms with E-state index in [1.54, 1.807) is 13.3 Å². The predicted octanol–water partition coefficient (Wildman–Crippen LogP) is 2.44. The zero-order chi connectivity index (χ0) is 16.6. The number of rotatable bonds is 3. The van der Waals surface area contributed by atoms with E-state index in [1.807, 2.05) is 17.8 Å². The third kappa shape index (κ3) is 3.03. The zero-order valence-corrected chi connectivity index (χ0v) is 14.1. The zero-order valence-electron chi connectivity index (χ0n) is 13.2. The molecule has 0 unspecified atom stereocenters. The van der Waals surface area contributed by atoms with Crippen LogP contribution >= 0.6 is 0 Å².